The molecule has 0 atom stereocenters. The van der Waals surface area contributed by atoms with Crippen LogP contribution in [0.2, 0.25) is 0 Å². The molecule has 2 aromatic rings. The minimum absolute atomic E-state index is 0.0576. The van der Waals surface area contributed by atoms with Crippen LogP contribution in [0.4, 0.5) is 0 Å². The third-order valence-electron chi connectivity index (χ3n) is 3.52. The number of hydrogen-bond donors (Lipinski definition) is 0. The number of nitrogens with zero attached hydrogens (tertiary/aromatic N) is 5. The Labute approximate surface area is 117 Å². The fourth-order valence-corrected chi connectivity index (χ4v) is 2.13. The van der Waals surface area contributed by atoms with Gasteiger partial charge in [-0.1, -0.05) is 0 Å². The Hall–Kier alpha value is -2.24. The molecule has 0 aromatic carbocycles. The monoisotopic (exact) mass is 271 g/mol. The van der Waals surface area contributed by atoms with E-state index in [1.807, 2.05) is 17.9 Å². The number of carbonyl (C=O) groups excluding carboxylic acids is 1. The molecule has 1 fully saturated rings. The van der Waals surface area contributed by atoms with E-state index in [1.165, 1.54) is 12.8 Å². The van der Waals surface area contributed by atoms with Crippen molar-refractivity contribution in [2.45, 2.75) is 19.8 Å². The molecule has 20 heavy (non-hydrogen) atoms. The summed E-state index contributed by atoms with van der Waals surface area (Å²) in [5.41, 5.74) is 0.629. The first-order valence-electron chi connectivity index (χ1n) is 6.88. The second-order valence-corrected chi connectivity index (χ2v) is 5.06. The van der Waals surface area contributed by atoms with Crippen LogP contribution in [0.15, 0.2) is 31.0 Å². The van der Waals surface area contributed by atoms with Gasteiger partial charge in [0.2, 0.25) is 0 Å². The highest BCUT2D eigenvalue weighted by Crippen LogP contribution is 2.30. The number of rotatable bonds is 5. The van der Waals surface area contributed by atoms with Gasteiger partial charge in [-0.25, -0.2) is 4.98 Å². The summed E-state index contributed by atoms with van der Waals surface area (Å²) in [5.74, 6) is 1.46. The van der Waals surface area contributed by atoms with Crippen LogP contribution in [0, 0.1) is 5.92 Å². The third kappa shape index (κ3) is 2.68. The van der Waals surface area contributed by atoms with Crippen molar-refractivity contribution in [1.82, 2.24) is 24.6 Å². The van der Waals surface area contributed by atoms with Gasteiger partial charge in [-0.05, 0) is 37.8 Å². The van der Waals surface area contributed by atoms with Crippen molar-refractivity contribution in [3.63, 3.8) is 0 Å². The summed E-state index contributed by atoms with van der Waals surface area (Å²) >= 11 is 0. The van der Waals surface area contributed by atoms with Gasteiger partial charge in [0.25, 0.3) is 5.91 Å². The van der Waals surface area contributed by atoms with E-state index >= 15 is 0 Å². The lowest BCUT2D eigenvalue weighted by molar-refractivity contribution is 0.0756. The molecule has 1 aliphatic carbocycles. The Balaban J connectivity index is 1.74. The highest BCUT2D eigenvalue weighted by Gasteiger charge is 2.26. The van der Waals surface area contributed by atoms with Crippen LogP contribution in [0.5, 0.6) is 0 Å². The molecule has 0 spiro atoms. The van der Waals surface area contributed by atoms with E-state index < -0.39 is 0 Å². The summed E-state index contributed by atoms with van der Waals surface area (Å²) in [4.78, 5) is 18.6. The summed E-state index contributed by atoms with van der Waals surface area (Å²) < 4.78 is 1.70. The van der Waals surface area contributed by atoms with Crippen molar-refractivity contribution in [1.29, 1.82) is 0 Å². The highest BCUT2D eigenvalue weighted by molar-refractivity contribution is 5.94. The van der Waals surface area contributed by atoms with Crippen LogP contribution in [0.25, 0.3) is 5.82 Å². The summed E-state index contributed by atoms with van der Waals surface area (Å²) in [5, 5.41) is 7.47. The van der Waals surface area contributed by atoms with Gasteiger partial charge in [0.1, 0.15) is 18.5 Å². The van der Waals surface area contributed by atoms with Crippen molar-refractivity contribution in [2.75, 3.05) is 13.1 Å². The smallest absolute Gasteiger partial charge is 0.255 e. The van der Waals surface area contributed by atoms with E-state index in [0.29, 0.717) is 17.3 Å². The zero-order valence-corrected chi connectivity index (χ0v) is 11.4. The first kappa shape index (κ1) is 12.8. The van der Waals surface area contributed by atoms with Crippen molar-refractivity contribution < 1.29 is 4.79 Å². The largest absolute Gasteiger partial charge is 0.339 e. The van der Waals surface area contributed by atoms with Crippen LogP contribution < -0.4 is 0 Å². The van der Waals surface area contributed by atoms with E-state index in [2.05, 4.69) is 15.2 Å². The van der Waals surface area contributed by atoms with Gasteiger partial charge in [-0.2, -0.15) is 0 Å². The van der Waals surface area contributed by atoms with Gasteiger partial charge in [0.15, 0.2) is 0 Å². The molecule has 1 amide bonds. The first-order chi connectivity index (χ1) is 9.78. The second kappa shape index (κ2) is 5.40. The fraction of sp³-hybridized carbons (Fsp3) is 0.429. The van der Waals surface area contributed by atoms with Crippen LogP contribution in [0.3, 0.4) is 0 Å². The SMILES string of the molecule is CCN(CC1CC1)C(=O)c1ccc(-n2cnnc2)nc1. The normalized spacial score (nSPS) is 14.2. The second-order valence-electron chi connectivity index (χ2n) is 5.06. The quantitative estimate of drug-likeness (QED) is 0.827. The molecular weight excluding hydrogens is 254 g/mol. The average molecular weight is 271 g/mol. The van der Waals surface area contributed by atoms with Crippen molar-refractivity contribution >= 4 is 5.91 Å². The van der Waals surface area contributed by atoms with E-state index in [0.717, 1.165) is 13.1 Å². The first-order valence-corrected chi connectivity index (χ1v) is 6.88. The van der Waals surface area contributed by atoms with Gasteiger partial charge in [0, 0.05) is 19.3 Å². The highest BCUT2D eigenvalue weighted by atomic mass is 16.2. The van der Waals surface area contributed by atoms with E-state index in [4.69, 9.17) is 0 Å². The standard InChI is InChI=1S/C14H17N5O/c1-2-18(8-11-3-4-11)14(20)12-5-6-13(15-7-12)19-9-16-17-10-19/h5-7,9-11H,2-4,8H2,1H3. The van der Waals surface area contributed by atoms with Crippen molar-refractivity contribution in [3.8, 4) is 5.82 Å². The minimum Gasteiger partial charge on any atom is -0.339 e. The minimum atomic E-state index is 0.0576. The molecule has 6 nitrogen and oxygen atoms in total. The van der Waals surface area contributed by atoms with Crippen LogP contribution in [0.1, 0.15) is 30.1 Å². The maximum atomic E-state index is 12.4. The number of hydrogen-bond acceptors (Lipinski definition) is 4. The number of amides is 1. The molecule has 0 radical (unpaired) electrons. The summed E-state index contributed by atoms with van der Waals surface area (Å²) in [6.45, 7) is 3.62. The summed E-state index contributed by atoms with van der Waals surface area (Å²) in [6, 6.07) is 3.61. The fourth-order valence-electron chi connectivity index (χ4n) is 2.13. The zero-order chi connectivity index (χ0) is 13.9. The van der Waals surface area contributed by atoms with Crippen LogP contribution >= 0.6 is 0 Å². The number of pyridine rings is 1. The Morgan fingerprint density at radius 1 is 1.35 bits per heavy atom. The molecule has 1 saturated carbocycles. The Kier molecular flexibility index (Phi) is 3.45. The maximum Gasteiger partial charge on any atom is 0.255 e. The predicted molar refractivity (Wildman–Crippen MR) is 73.5 cm³/mol. The van der Waals surface area contributed by atoms with Crippen molar-refractivity contribution in [3.05, 3.63) is 36.5 Å². The number of aromatic nitrogens is 4. The topological polar surface area (TPSA) is 63.9 Å². The molecule has 0 unspecified atom stereocenters. The predicted octanol–water partition coefficient (Wildman–Crippen LogP) is 1.53. The molecule has 0 bridgehead atoms. The lowest BCUT2D eigenvalue weighted by Crippen LogP contribution is -2.32. The zero-order valence-electron chi connectivity index (χ0n) is 11.4. The summed E-state index contributed by atoms with van der Waals surface area (Å²) in [7, 11) is 0. The van der Waals surface area contributed by atoms with Crippen LogP contribution in [-0.4, -0.2) is 43.6 Å². The maximum absolute atomic E-state index is 12.4. The molecule has 104 valence electrons. The molecule has 6 heteroatoms. The summed E-state index contributed by atoms with van der Waals surface area (Å²) in [6.07, 6.45) is 7.26. The van der Waals surface area contributed by atoms with Gasteiger partial charge in [0.05, 0.1) is 5.56 Å². The lowest BCUT2D eigenvalue weighted by atomic mass is 10.2. The molecule has 2 heterocycles. The van der Waals surface area contributed by atoms with Gasteiger partial charge in [-0.3, -0.25) is 9.36 Å². The Morgan fingerprint density at radius 3 is 2.65 bits per heavy atom. The van der Waals surface area contributed by atoms with E-state index in [-0.39, 0.29) is 5.91 Å². The molecule has 0 saturated heterocycles. The molecule has 2 aromatic heterocycles. The van der Waals surface area contributed by atoms with Gasteiger partial charge < -0.3 is 4.90 Å². The van der Waals surface area contributed by atoms with E-state index in [1.54, 1.807) is 29.5 Å². The van der Waals surface area contributed by atoms with Gasteiger partial charge in [-0.15, -0.1) is 10.2 Å². The van der Waals surface area contributed by atoms with Crippen molar-refractivity contribution in [2.24, 2.45) is 5.92 Å². The lowest BCUT2D eigenvalue weighted by Gasteiger charge is -2.20. The van der Waals surface area contributed by atoms with E-state index in [9.17, 15) is 4.79 Å². The molecule has 0 N–H and O–H groups in total. The van der Waals surface area contributed by atoms with Crippen LogP contribution in [-0.2, 0) is 0 Å². The molecular formula is C14H17N5O. The molecule has 0 aliphatic heterocycles. The third-order valence-corrected chi connectivity index (χ3v) is 3.52. The average Bonchev–Trinajstić information content (AvgIpc) is 3.14. The number of carbonyl (C=O) groups is 1. The Bertz CT molecular complexity index is 574. The molecule has 3 rings (SSSR count). The van der Waals surface area contributed by atoms with Gasteiger partial charge >= 0.3 is 0 Å². The Morgan fingerprint density at radius 2 is 2.10 bits per heavy atom. The molecule has 1 aliphatic rings.